The van der Waals surface area contributed by atoms with Crippen LogP contribution in [0.1, 0.15) is 24.6 Å². The van der Waals surface area contributed by atoms with E-state index in [9.17, 15) is 8.42 Å². The molecule has 98 valence electrons. The van der Waals surface area contributed by atoms with Crippen LogP contribution in [0, 0.1) is 0 Å². The molecule has 0 radical (unpaired) electrons. The SMILES string of the molecule is CCS(=O)(=O)CCCC(Cc1cccs1)NN. The number of hydrogen-bond donors (Lipinski definition) is 2. The molecule has 1 atom stereocenters. The van der Waals surface area contributed by atoms with Gasteiger partial charge in [-0.1, -0.05) is 13.0 Å². The molecular formula is C11H20N2O2S2. The number of hydrazine groups is 1. The lowest BCUT2D eigenvalue weighted by atomic mass is 10.1. The molecule has 0 aliphatic rings. The van der Waals surface area contributed by atoms with Gasteiger partial charge < -0.3 is 0 Å². The summed E-state index contributed by atoms with van der Waals surface area (Å²) in [7, 11) is -2.85. The fraction of sp³-hybridized carbons (Fsp3) is 0.636. The first kappa shape index (κ1) is 14.6. The third-order valence-corrected chi connectivity index (χ3v) is 5.40. The van der Waals surface area contributed by atoms with E-state index in [4.69, 9.17) is 5.84 Å². The summed E-state index contributed by atoms with van der Waals surface area (Å²) in [5.74, 6) is 5.95. The first-order valence-electron chi connectivity index (χ1n) is 5.76. The van der Waals surface area contributed by atoms with Gasteiger partial charge in [-0.2, -0.15) is 0 Å². The van der Waals surface area contributed by atoms with E-state index in [0.29, 0.717) is 6.42 Å². The highest BCUT2D eigenvalue weighted by Crippen LogP contribution is 2.13. The molecule has 1 rings (SSSR count). The second-order valence-electron chi connectivity index (χ2n) is 4.03. The number of hydrogen-bond acceptors (Lipinski definition) is 5. The van der Waals surface area contributed by atoms with Gasteiger partial charge in [0.05, 0.1) is 5.75 Å². The summed E-state index contributed by atoms with van der Waals surface area (Å²) in [6.45, 7) is 1.68. The van der Waals surface area contributed by atoms with Crippen LogP contribution in [-0.4, -0.2) is 26.0 Å². The van der Waals surface area contributed by atoms with E-state index in [0.717, 1.165) is 12.8 Å². The van der Waals surface area contributed by atoms with Crippen LogP contribution in [0.15, 0.2) is 17.5 Å². The van der Waals surface area contributed by atoms with E-state index in [1.165, 1.54) is 4.88 Å². The van der Waals surface area contributed by atoms with Gasteiger partial charge in [0, 0.05) is 16.7 Å². The fourth-order valence-corrected chi connectivity index (χ4v) is 3.29. The second-order valence-corrected chi connectivity index (χ2v) is 7.53. The van der Waals surface area contributed by atoms with Crippen LogP contribution in [0.5, 0.6) is 0 Å². The molecule has 1 unspecified atom stereocenters. The minimum absolute atomic E-state index is 0.153. The molecule has 3 N–H and O–H groups in total. The highest BCUT2D eigenvalue weighted by Gasteiger charge is 2.12. The van der Waals surface area contributed by atoms with E-state index in [-0.39, 0.29) is 17.5 Å². The standard InChI is InChI=1S/C11H20N2O2S2/c1-2-17(14,15)8-4-5-10(13-12)9-11-6-3-7-16-11/h3,6-7,10,13H,2,4-5,8-9,12H2,1H3. The fourth-order valence-electron chi connectivity index (χ4n) is 1.61. The van der Waals surface area contributed by atoms with E-state index in [2.05, 4.69) is 11.5 Å². The van der Waals surface area contributed by atoms with Gasteiger partial charge in [0.15, 0.2) is 0 Å². The molecule has 0 aromatic carbocycles. The molecule has 0 fully saturated rings. The van der Waals surface area contributed by atoms with Crippen LogP contribution in [0.4, 0.5) is 0 Å². The highest BCUT2D eigenvalue weighted by atomic mass is 32.2. The van der Waals surface area contributed by atoms with Gasteiger partial charge in [0.2, 0.25) is 0 Å². The molecule has 0 aliphatic heterocycles. The Balaban J connectivity index is 2.33. The van der Waals surface area contributed by atoms with Crippen molar-refractivity contribution < 1.29 is 8.42 Å². The number of nitrogens with one attached hydrogen (secondary N) is 1. The molecule has 0 saturated carbocycles. The Morgan fingerprint density at radius 2 is 2.29 bits per heavy atom. The summed E-state index contributed by atoms with van der Waals surface area (Å²) in [6.07, 6.45) is 2.31. The zero-order chi connectivity index (χ0) is 12.7. The van der Waals surface area contributed by atoms with Crippen molar-refractivity contribution >= 4 is 21.2 Å². The van der Waals surface area contributed by atoms with Crippen LogP contribution < -0.4 is 11.3 Å². The number of sulfone groups is 1. The lowest BCUT2D eigenvalue weighted by Crippen LogP contribution is -2.36. The maximum absolute atomic E-state index is 11.3. The van der Waals surface area contributed by atoms with Crippen LogP contribution in [0.2, 0.25) is 0 Å². The summed E-state index contributed by atoms with van der Waals surface area (Å²) in [5, 5.41) is 2.03. The zero-order valence-corrected chi connectivity index (χ0v) is 11.7. The van der Waals surface area contributed by atoms with Crippen molar-refractivity contribution in [1.29, 1.82) is 0 Å². The minimum Gasteiger partial charge on any atom is -0.271 e. The number of thiophene rings is 1. The molecule has 1 aromatic heterocycles. The molecule has 1 heterocycles. The number of nitrogens with two attached hydrogens (primary N) is 1. The van der Waals surface area contributed by atoms with Crippen LogP contribution in [-0.2, 0) is 16.3 Å². The lowest BCUT2D eigenvalue weighted by molar-refractivity contribution is 0.487. The molecule has 17 heavy (non-hydrogen) atoms. The van der Waals surface area contributed by atoms with Crippen molar-refractivity contribution in [2.45, 2.75) is 32.2 Å². The predicted molar refractivity (Wildman–Crippen MR) is 72.7 cm³/mol. The van der Waals surface area contributed by atoms with Crippen molar-refractivity contribution in [2.24, 2.45) is 5.84 Å². The summed E-state index contributed by atoms with van der Waals surface area (Å²) in [6, 6.07) is 4.23. The van der Waals surface area contributed by atoms with Crippen LogP contribution in [0.3, 0.4) is 0 Å². The van der Waals surface area contributed by atoms with Crippen molar-refractivity contribution in [3.63, 3.8) is 0 Å². The molecule has 0 spiro atoms. The van der Waals surface area contributed by atoms with E-state index in [1.54, 1.807) is 18.3 Å². The van der Waals surface area contributed by atoms with E-state index in [1.807, 2.05) is 11.4 Å². The second kappa shape index (κ2) is 7.10. The number of rotatable bonds is 8. The topological polar surface area (TPSA) is 72.2 Å². The molecule has 0 aliphatic carbocycles. The Kier molecular flexibility index (Phi) is 6.11. The predicted octanol–water partition coefficient (Wildman–Crippen LogP) is 1.34. The van der Waals surface area contributed by atoms with Crippen LogP contribution >= 0.6 is 11.3 Å². The minimum atomic E-state index is -2.85. The van der Waals surface area contributed by atoms with Gasteiger partial charge >= 0.3 is 0 Å². The summed E-state index contributed by atoms with van der Waals surface area (Å²) < 4.78 is 22.7. The maximum atomic E-state index is 11.3. The highest BCUT2D eigenvalue weighted by molar-refractivity contribution is 7.91. The van der Waals surface area contributed by atoms with Gasteiger partial charge in [-0.3, -0.25) is 11.3 Å². The van der Waals surface area contributed by atoms with Gasteiger partial charge in [-0.25, -0.2) is 8.42 Å². The average Bonchev–Trinajstić information content (AvgIpc) is 2.80. The first-order valence-corrected chi connectivity index (χ1v) is 8.46. The Morgan fingerprint density at radius 1 is 1.53 bits per heavy atom. The monoisotopic (exact) mass is 276 g/mol. The first-order chi connectivity index (χ1) is 8.07. The van der Waals surface area contributed by atoms with Crippen molar-refractivity contribution in [3.05, 3.63) is 22.4 Å². The molecule has 4 nitrogen and oxygen atoms in total. The summed E-state index contributed by atoms with van der Waals surface area (Å²) in [5.41, 5.74) is 2.76. The van der Waals surface area contributed by atoms with E-state index >= 15 is 0 Å². The summed E-state index contributed by atoms with van der Waals surface area (Å²) >= 11 is 1.70. The molecular weight excluding hydrogens is 256 g/mol. The molecule has 0 amide bonds. The molecule has 1 aromatic rings. The average molecular weight is 276 g/mol. The Morgan fingerprint density at radius 3 is 2.82 bits per heavy atom. The third kappa shape index (κ3) is 5.63. The molecule has 0 bridgehead atoms. The smallest absolute Gasteiger partial charge is 0.150 e. The Bertz CT molecular complexity index is 401. The van der Waals surface area contributed by atoms with Gasteiger partial charge in [0.1, 0.15) is 9.84 Å². The van der Waals surface area contributed by atoms with Gasteiger partial charge in [0.25, 0.3) is 0 Å². The lowest BCUT2D eigenvalue weighted by Gasteiger charge is -2.14. The third-order valence-electron chi connectivity index (χ3n) is 2.71. The Labute approximate surface area is 107 Å². The van der Waals surface area contributed by atoms with E-state index < -0.39 is 9.84 Å². The van der Waals surface area contributed by atoms with Crippen LogP contribution in [0.25, 0.3) is 0 Å². The quantitative estimate of drug-likeness (QED) is 0.555. The normalized spacial score (nSPS) is 13.8. The Hall–Kier alpha value is -0.430. The van der Waals surface area contributed by atoms with Gasteiger partial charge in [-0.05, 0) is 30.7 Å². The molecule has 0 saturated heterocycles. The van der Waals surface area contributed by atoms with Gasteiger partial charge in [-0.15, -0.1) is 11.3 Å². The van der Waals surface area contributed by atoms with Crippen molar-refractivity contribution in [2.75, 3.05) is 11.5 Å². The molecule has 6 heteroatoms. The summed E-state index contributed by atoms with van der Waals surface area (Å²) in [4.78, 5) is 1.27. The largest absolute Gasteiger partial charge is 0.271 e. The maximum Gasteiger partial charge on any atom is 0.150 e. The van der Waals surface area contributed by atoms with Crippen molar-refractivity contribution in [3.8, 4) is 0 Å². The van der Waals surface area contributed by atoms with Crippen molar-refractivity contribution in [1.82, 2.24) is 5.43 Å². The zero-order valence-electron chi connectivity index (χ0n) is 10.1.